The second kappa shape index (κ2) is 8.97. The molecule has 1 fully saturated rings. The molecule has 29 heavy (non-hydrogen) atoms. The number of anilines is 1. The SMILES string of the molecule is Cc1cccc(NC(=O)CN2CCN(Cc3ccc(C(F)(F)F)cc3)CC2)c1C. The molecule has 1 saturated heterocycles. The van der Waals surface area contributed by atoms with Crippen LogP contribution in [0.1, 0.15) is 22.3 Å². The molecule has 0 unspecified atom stereocenters. The first-order chi connectivity index (χ1) is 13.7. The molecule has 1 aliphatic rings. The van der Waals surface area contributed by atoms with Gasteiger partial charge >= 0.3 is 6.18 Å². The second-order valence-electron chi connectivity index (χ2n) is 7.54. The average Bonchev–Trinajstić information content (AvgIpc) is 2.67. The lowest BCUT2D eigenvalue weighted by molar-refractivity contribution is -0.137. The summed E-state index contributed by atoms with van der Waals surface area (Å²) < 4.78 is 38.0. The first kappa shape index (κ1) is 21.3. The lowest BCUT2D eigenvalue weighted by Crippen LogP contribution is -2.48. The summed E-state index contributed by atoms with van der Waals surface area (Å²) in [7, 11) is 0. The minimum atomic E-state index is -4.30. The summed E-state index contributed by atoms with van der Waals surface area (Å²) in [6, 6.07) is 11.2. The van der Waals surface area contributed by atoms with Crippen LogP contribution in [0.5, 0.6) is 0 Å². The van der Waals surface area contributed by atoms with E-state index in [-0.39, 0.29) is 5.91 Å². The van der Waals surface area contributed by atoms with Gasteiger partial charge in [-0.1, -0.05) is 24.3 Å². The molecule has 0 bridgehead atoms. The van der Waals surface area contributed by atoms with Gasteiger partial charge in [-0.15, -0.1) is 0 Å². The van der Waals surface area contributed by atoms with E-state index in [4.69, 9.17) is 0 Å². The number of carbonyl (C=O) groups is 1. The standard InChI is InChI=1S/C22H26F3N3O/c1-16-4-3-5-20(17(16)2)26-21(29)15-28-12-10-27(11-13-28)14-18-6-8-19(9-7-18)22(23,24)25/h3-9H,10-15H2,1-2H3,(H,26,29). The number of nitrogens with zero attached hydrogens (tertiary/aromatic N) is 2. The highest BCUT2D eigenvalue weighted by molar-refractivity contribution is 5.93. The van der Waals surface area contributed by atoms with Crippen LogP contribution in [0, 0.1) is 13.8 Å². The highest BCUT2D eigenvalue weighted by Gasteiger charge is 2.30. The van der Waals surface area contributed by atoms with Gasteiger partial charge in [-0.2, -0.15) is 13.2 Å². The Kier molecular flexibility index (Phi) is 6.59. The molecule has 7 heteroatoms. The van der Waals surface area contributed by atoms with Crippen molar-refractivity contribution in [2.45, 2.75) is 26.6 Å². The predicted molar refractivity (Wildman–Crippen MR) is 108 cm³/mol. The number of piperazine rings is 1. The fourth-order valence-corrected chi connectivity index (χ4v) is 3.44. The molecule has 1 aliphatic heterocycles. The highest BCUT2D eigenvalue weighted by Crippen LogP contribution is 2.29. The molecule has 2 aromatic rings. The molecule has 3 rings (SSSR count). The van der Waals surface area contributed by atoms with E-state index in [9.17, 15) is 18.0 Å². The van der Waals surface area contributed by atoms with Crippen LogP contribution in [0.15, 0.2) is 42.5 Å². The molecule has 0 atom stereocenters. The Morgan fingerprint density at radius 1 is 0.966 bits per heavy atom. The number of hydrogen-bond acceptors (Lipinski definition) is 3. The third kappa shape index (κ3) is 5.81. The lowest BCUT2D eigenvalue weighted by atomic mass is 10.1. The average molecular weight is 405 g/mol. The minimum absolute atomic E-state index is 0.0325. The monoisotopic (exact) mass is 405 g/mol. The molecule has 0 spiro atoms. The Morgan fingerprint density at radius 2 is 1.59 bits per heavy atom. The Balaban J connectivity index is 1.45. The van der Waals surface area contributed by atoms with Crippen LogP contribution in [0.3, 0.4) is 0 Å². The number of hydrogen-bond donors (Lipinski definition) is 1. The Bertz CT molecular complexity index is 841. The van der Waals surface area contributed by atoms with E-state index in [0.717, 1.165) is 60.7 Å². The number of alkyl halides is 3. The number of amides is 1. The normalized spacial score (nSPS) is 16.0. The maximum atomic E-state index is 12.7. The molecule has 1 N–H and O–H groups in total. The minimum Gasteiger partial charge on any atom is -0.325 e. The highest BCUT2D eigenvalue weighted by atomic mass is 19.4. The zero-order valence-electron chi connectivity index (χ0n) is 16.7. The molecule has 4 nitrogen and oxygen atoms in total. The maximum absolute atomic E-state index is 12.7. The number of halogens is 3. The maximum Gasteiger partial charge on any atom is 0.416 e. The van der Waals surface area contributed by atoms with Crippen LogP contribution >= 0.6 is 0 Å². The van der Waals surface area contributed by atoms with Gasteiger partial charge < -0.3 is 5.32 Å². The summed E-state index contributed by atoms with van der Waals surface area (Å²) in [5.41, 5.74) is 3.29. The van der Waals surface area contributed by atoms with Crippen molar-refractivity contribution < 1.29 is 18.0 Å². The molecule has 0 radical (unpaired) electrons. The van der Waals surface area contributed by atoms with Crippen molar-refractivity contribution in [2.24, 2.45) is 0 Å². The Hall–Kier alpha value is -2.38. The van der Waals surface area contributed by atoms with Crippen LogP contribution in [0.2, 0.25) is 0 Å². The summed E-state index contributed by atoms with van der Waals surface area (Å²) in [5.74, 6) is -0.0325. The van der Waals surface area contributed by atoms with Gasteiger partial charge in [0.25, 0.3) is 0 Å². The van der Waals surface area contributed by atoms with Gasteiger partial charge in [-0.05, 0) is 48.7 Å². The van der Waals surface area contributed by atoms with Crippen molar-refractivity contribution in [1.82, 2.24) is 9.80 Å². The molecular formula is C22H26F3N3O. The van der Waals surface area contributed by atoms with Crippen molar-refractivity contribution in [3.63, 3.8) is 0 Å². The smallest absolute Gasteiger partial charge is 0.325 e. The Labute approximate surface area is 169 Å². The van der Waals surface area contributed by atoms with E-state index in [0.29, 0.717) is 13.1 Å². The third-order valence-electron chi connectivity index (χ3n) is 5.40. The molecule has 156 valence electrons. The lowest BCUT2D eigenvalue weighted by Gasteiger charge is -2.34. The summed E-state index contributed by atoms with van der Waals surface area (Å²) in [6.45, 7) is 8.01. The second-order valence-corrected chi connectivity index (χ2v) is 7.54. The van der Waals surface area contributed by atoms with Crippen molar-refractivity contribution in [2.75, 3.05) is 38.0 Å². The zero-order valence-corrected chi connectivity index (χ0v) is 16.7. The van der Waals surface area contributed by atoms with Crippen LogP contribution in [-0.4, -0.2) is 48.4 Å². The fourth-order valence-electron chi connectivity index (χ4n) is 3.44. The largest absolute Gasteiger partial charge is 0.416 e. The molecule has 2 aromatic carbocycles. The van der Waals surface area contributed by atoms with Gasteiger partial charge in [-0.3, -0.25) is 14.6 Å². The van der Waals surface area contributed by atoms with E-state index >= 15 is 0 Å². The molecule has 0 aromatic heterocycles. The van der Waals surface area contributed by atoms with E-state index in [1.54, 1.807) is 0 Å². The van der Waals surface area contributed by atoms with Gasteiger partial charge in [0.05, 0.1) is 12.1 Å². The van der Waals surface area contributed by atoms with E-state index in [1.165, 1.54) is 12.1 Å². The quantitative estimate of drug-likeness (QED) is 0.814. The first-order valence-corrected chi connectivity index (χ1v) is 9.69. The van der Waals surface area contributed by atoms with Gasteiger partial charge in [0.1, 0.15) is 0 Å². The molecule has 1 heterocycles. The topological polar surface area (TPSA) is 35.6 Å². The number of benzene rings is 2. The van der Waals surface area contributed by atoms with Gasteiger partial charge in [0.2, 0.25) is 5.91 Å². The van der Waals surface area contributed by atoms with Crippen molar-refractivity contribution in [1.29, 1.82) is 0 Å². The van der Waals surface area contributed by atoms with Crippen molar-refractivity contribution in [3.05, 3.63) is 64.7 Å². The number of rotatable bonds is 5. The van der Waals surface area contributed by atoms with Gasteiger partial charge in [0.15, 0.2) is 0 Å². The van der Waals surface area contributed by atoms with E-state index in [1.807, 2.05) is 32.0 Å². The van der Waals surface area contributed by atoms with Crippen LogP contribution in [-0.2, 0) is 17.5 Å². The first-order valence-electron chi connectivity index (χ1n) is 9.69. The van der Waals surface area contributed by atoms with Crippen LogP contribution in [0.25, 0.3) is 0 Å². The fraction of sp³-hybridized carbons (Fsp3) is 0.409. The molecule has 1 amide bonds. The summed E-state index contributed by atoms with van der Waals surface area (Å²) in [5, 5.41) is 2.98. The van der Waals surface area contributed by atoms with Crippen molar-refractivity contribution in [3.8, 4) is 0 Å². The number of nitrogens with one attached hydrogen (secondary N) is 1. The van der Waals surface area contributed by atoms with E-state index in [2.05, 4.69) is 15.1 Å². The molecule has 0 aliphatic carbocycles. The van der Waals surface area contributed by atoms with Crippen molar-refractivity contribution >= 4 is 11.6 Å². The van der Waals surface area contributed by atoms with Crippen LogP contribution < -0.4 is 5.32 Å². The zero-order chi connectivity index (χ0) is 21.0. The number of aryl methyl sites for hydroxylation is 1. The summed E-state index contributed by atoms with van der Waals surface area (Å²) in [6.07, 6.45) is -4.30. The summed E-state index contributed by atoms with van der Waals surface area (Å²) in [4.78, 5) is 16.7. The third-order valence-corrected chi connectivity index (χ3v) is 5.40. The predicted octanol–water partition coefficient (Wildman–Crippen LogP) is 4.08. The van der Waals surface area contributed by atoms with Crippen LogP contribution in [0.4, 0.5) is 18.9 Å². The Morgan fingerprint density at radius 3 is 2.21 bits per heavy atom. The summed E-state index contributed by atoms with van der Waals surface area (Å²) >= 11 is 0. The molecule has 0 saturated carbocycles. The number of carbonyl (C=O) groups excluding carboxylic acids is 1. The molecular weight excluding hydrogens is 379 g/mol. The van der Waals surface area contributed by atoms with E-state index < -0.39 is 11.7 Å². The van der Waals surface area contributed by atoms with Gasteiger partial charge in [0, 0.05) is 38.4 Å². The van der Waals surface area contributed by atoms with Gasteiger partial charge in [-0.25, -0.2) is 0 Å².